The van der Waals surface area contributed by atoms with Crippen molar-refractivity contribution >= 4 is 32.7 Å². The molecule has 7 nitrogen and oxygen atoms in total. The van der Waals surface area contributed by atoms with Crippen LogP contribution in [0, 0.1) is 5.82 Å². The molecule has 10 heteroatoms. The molecule has 0 saturated carbocycles. The van der Waals surface area contributed by atoms with Gasteiger partial charge in [0.15, 0.2) is 26.5 Å². The van der Waals surface area contributed by atoms with E-state index in [1.165, 1.54) is 31.0 Å². The topological polar surface area (TPSA) is 85.3 Å². The highest BCUT2D eigenvalue weighted by atomic mass is 32.2. The molecule has 0 aromatic heterocycles. The van der Waals surface area contributed by atoms with E-state index in [1.807, 2.05) is 4.90 Å². The second kappa shape index (κ2) is 9.72. The Hall–Kier alpha value is -2.59. The monoisotopic (exact) mass is 492 g/mol. The minimum atomic E-state index is -3.12. The van der Waals surface area contributed by atoms with Crippen LogP contribution in [0.5, 0.6) is 11.5 Å². The first-order chi connectivity index (χ1) is 15.8. The van der Waals surface area contributed by atoms with Crippen LogP contribution in [0.2, 0.25) is 0 Å². The van der Waals surface area contributed by atoms with Gasteiger partial charge in [-0.2, -0.15) is 4.99 Å². The number of nitrogens with zero attached hydrogens (tertiary/aromatic N) is 2. The standard InChI is InChI=1S/C23H25FN2O5S2/c1-30-19-8-5-16(11-20(19)31-2)12-22(27)25-23-26(10-9-15-3-6-17(24)7-4-15)18-13-33(28,29)14-21(18)32-23/h3-8,11,18,21H,9-10,12-14H2,1-2H3/t18-,21-/m1/s1. The number of thioether (sulfide) groups is 1. The van der Waals surface area contributed by atoms with Crippen molar-refractivity contribution in [3.63, 3.8) is 0 Å². The third-order valence-corrected chi connectivity index (χ3v) is 9.00. The number of aliphatic imine (C=N–C) groups is 1. The smallest absolute Gasteiger partial charge is 0.252 e. The highest BCUT2D eigenvalue weighted by Gasteiger charge is 2.48. The summed E-state index contributed by atoms with van der Waals surface area (Å²) in [4.78, 5) is 19.0. The Balaban J connectivity index is 1.51. The van der Waals surface area contributed by atoms with E-state index >= 15 is 0 Å². The van der Waals surface area contributed by atoms with Crippen LogP contribution in [-0.2, 0) is 27.5 Å². The summed E-state index contributed by atoms with van der Waals surface area (Å²) < 4.78 is 48.1. The molecule has 0 aliphatic carbocycles. The summed E-state index contributed by atoms with van der Waals surface area (Å²) in [5, 5.41) is 0.406. The van der Waals surface area contributed by atoms with Crippen molar-refractivity contribution < 1.29 is 27.1 Å². The normalized spacial score (nSPS) is 22.4. The zero-order chi connectivity index (χ0) is 23.6. The van der Waals surface area contributed by atoms with Crippen LogP contribution in [0.4, 0.5) is 4.39 Å². The lowest BCUT2D eigenvalue weighted by Gasteiger charge is -2.24. The van der Waals surface area contributed by atoms with Crippen LogP contribution in [0.3, 0.4) is 0 Å². The third-order valence-electron chi connectivity index (χ3n) is 5.75. The summed E-state index contributed by atoms with van der Waals surface area (Å²) in [6, 6.07) is 11.3. The second-order valence-electron chi connectivity index (χ2n) is 8.02. The van der Waals surface area contributed by atoms with Crippen LogP contribution in [-0.4, -0.2) is 68.0 Å². The Morgan fingerprint density at radius 3 is 2.48 bits per heavy atom. The summed E-state index contributed by atoms with van der Waals surface area (Å²) >= 11 is 1.35. The fourth-order valence-corrected chi connectivity index (χ4v) is 8.10. The SMILES string of the molecule is COc1ccc(CC(=O)N=C2S[C@@H]3CS(=O)(=O)C[C@H]3N2CCc2ccc(F)cc2)cc1OC. The molecule has 33 heavy (non-hydrogen) atoms. The van der Waals surface area contributed by atoms with Gasteiger partial charge >= 0.3 is 0 Å². The Labute approximate surface area is 196 Å². The molecule has 0 unspecified atom stereocenters. The van der Waals surface area contributed by atoms with Gasteiger partial charge in [-0.05, 0) is 41.8 Å². The molecule has 1 amide bonds. The van der Waals surface area contributed by atoms with Crippen molar-refractivity contribution in [3.8, 4) is 11.5 Å². The molecule has 2 aliphatic rings. The van der Waals surface area contributed by atoms with E-state index in [4.69, 9.17) is 9.47 Å². The number of carbonyl (C=O) groups is 1. The number of ether oxygens (including phenoxy) is 2. The quantitative estimate of drug-likeness (QED) is 0.588. The van der Waals surface area contributed by atoms with E-state index in [-0.39, 0.29) is 40.9 Å². The number of halogens is 1. The van der Waals surface area contributed by atoms with Crippen molar-refractivity contribution in [2.45, 2.75) is 24.1 Å². The predicted molar refractivity (Wildman–Crippen MR) is 126 cm³/mol. The van der Waals surface area contributed by atoms with Crippen LogP contribution in [0.1, 0.15) is 11.1 Å². The molecule has 0 bridgehead atoms. The Morgan fingerprint density at radius 1 is 1.09 bits per heavy atom. The van der Waals surface area contributed by atoms with Gasteiger partial charge in [0.2, 0.25) is 0 Å². The number of amidine groups is 1. The summed E-state index contributed by atoms with van der Waals surface area (Å²) in [5.41, 5.74) is 1.67. The Kier molecular flexibility index (Phi) is 6.94. The zero-order valence-electron chi connectivity index (χ0n) is 18.4. The van der Waals surface area contributed by atoms with Crippen LogP contribution >= 0.6 is 11.8 Å². The number of benzene rings is 2. The number of amides is 1. The van der Waals surface area contributed by atoms with Crippen molar-refractivity contribution in [2.24, 2.45) is 4.99 Å². The number of fused-ring (bicyclic) bond motifs is 1. The summed E-state index contributed by atoms with van der Waals surface area (Å²) in [6.07, 6.45) is 0.677. The first-order valence-corrected chi connectivity index (χ1v) is 13.2. The third kappa shape index (κ3) is 5.50. The maximum Gasteiger partial charge on any atom is 0.252 e. The average molecular weight is 493 g/mol. The highest BCUT2D eigenvalue weighted by molar-refractivity contribution is 8.15. The van der Waals surface area contributed by atoms with Gasteiger partial charge in [-0.15, -0.1) is 0 Å². The number of sulfone groups is 1. The molecule has 0 spiro atoms. The minimum Gasteiger partial charge on any atom is -0.493 e. The number of hydrogen-bond acceptors (Lipinski definition) is 6. The molecule has 2 aliphatic heterocycles. The van der Waals surface area contributed by atoms with E-state index in [2.05, 4.69) is 4.99 Å². The molecular weight excluding hydrogens is 467 g/mol. The van der Waals surface area contributed by atoms with E-state index < -0.39 is 9.84 Å². The first kappa shape index (κ1) is 23.6. The number of rotatable bonds is 7. The zero-order valence-corrected chi connectivity index (χ0v) is 20.0. The maximum absolute atomic E-state index is 13.2. The molecule has 2 aromatic rings. The number of hydrogen-bond donors (Lipinski definition) is 0. The number of methoxy groups -OCH3 is 2. The molecular formula is C23H25FN2O5S2. The number of carbonyl (C=O) groups excluding carboxylic acids is 1. The average Bonchev–Trinajstić information content (AvgIpc) is 3.24. The lowest BCUT2D eigenvalue weighted by molar-refractivity contribution is -0.117. The Morgan fingerprint density at radius 2 is 1.79 bits per heavy atom. The van der Waals surface area contributed by atoms with Crippen molar-refractivity contribution in [3.05, 3.63) is 59.4 Å². The van der Waals surface area contributed by atoms with Gasteiger partial charge in [-0.3, -0.25) is 4.79 Å². The van der Waals surface area contributed by atoms with Crippen molar-refractivity contribution in [1.29, 1.82) is 0 Å². The van der Waals surface area contributed by atoms with Gasteiger partial charge in [0.05, 0.1) is 38.2 Å². The molecule has 176 valence electrons. The molecule has 4 rings (SSSR count). The van der Waals surface area contributed by atoms with Gasteiger partial charge in [-0.1, -0.05) is 30.0 Å². The van der Waals surface area contributed by atoms with Gasteiger partial charge in [0, 0.05) is 11.8 Å². The van der Waals surface area contributed by atoms with Gasteiger partial charge in [0.25, 0.3) is 5.91 Å². The maximum atomic E-state index is 13.2. The summed E-state index contributed by atoms with van der Waals surface area (Å²) in [6.45, 7) is 0.498. The molecule has 0 N–H and O–H groups in total. The molecule has 2 saturated heterocycles. The van der Waals surface area contributed by atoms with Crippen LogP contribution in [0.15, 0.2) is 47.5 Å². The Bertz CT molecular complexity index is 1170. The second-order valence-corrected chi connectivity index (χ2v) is 11.4. The molecule has 2 heterocycles. The van der Waals surface area contributed by atoms with Crippen molar-refractivity contribution in [1.82, 2.24) is 4.90 Å². The van der Waals surface area contributed by atoms with Crippen molar-refractivity contribution in [2.75, 3.05) is 32.3 Å². The highest BCUT2D eigenvalue weighted by Crippen LogP contribution is 2.38. The van der Waals surface area contributed by atoms with Gasteiger partial charge < -0.3 is 14.4 Å². The summed E-state index contributed by atoms with van der Waals surface area (Å²) in [7, 11) is -0.0419. The fraction of sp³-hybridized carbons (Fsp3) is 0.391. The van der Waals surface area contributed by atoms with E-state index in [9.17, 15) is 17.6 Å². The molecule has 2 aromatic carbocycles. The lowest BCUT2D eigenvalue weighted by Crippen LogP contribution is -2.39. The van der Waals surface area contributed by atoms with Gasteiger partial charge in [0.1, 0.15) is 5.82 Å². The van der Waals surface area contributed by atoms with Crippen LogP contribution in [0.25, 0.3) is 0 Å². The summed E-state index contributed by atoms with van der Waals surface area (Å²) in [5.74, 6) is 0.619. The molecule has 0 radical (unpaired) electrons. The minimum absolute atomic E-state index is 0.0526. The fourth-order valence-electron chi connectivity index (χ4n) is 4.11. The molecule has 2 atom stereocenters. The predicted octanol–water partition coefficient (Wildman–Crippen LogP) is 2.73. The van der Waals surface area contributed by atoms with E-state index in [0.717, 1.165) is 11.1 Å². The van der Waals surface area contributed by atoms with E-state index in [0.29, 0.717) is 29.6 Å². The molecule has 2 fully saturated rings. The van der Waals surface area contributed by atoms with Crippen LogP contribution < -0.4 is 9.47 Å². The largest absolute Gasteiger partial charge is 0.493 e. The van der Waals surface area contributed by atoms with Gasteiger partial charge in [-0.25, -0.2) is 12.8 Å². The first-order valence-electron chi connectivity index (χ1n) is 10.5. The van der Waals surface area contributed by atoms with E-state index in [1.54, 1.807) is 37.4 Å². The lowest BCUT2D eigenvalue weighted by atomic mass is 10.1.